The predicted octanol–water partition coefficient (Wildman–Crippen LogP) is 3.29. The van der Waals surface area contributed by atoms with Gasteiger partial charge < -0.3 is 5.32 Å². The van der Waals surface area contributed by atoms with Crippen LogP contribution < -0.4 is 5.32 Å². The molecule has 0 radical (unpaired) electrons. The molecule has 1 heterocycles. The van der Waals surface area contributed by atoms with Crippen LogP contribution in [0.15, 0.2) is 30.3 Å². The van der Waals surface area contributed by atoms with Crippen molar-refractivity contribution in [1.82, 2.24) is 10.3 Å². The lowest BCUT2D eigenvalue weighted by Gasteiger charge is -2.23. The molecular weight excluding hydrogens is 260 g/mol. The van der Waals surface area contributed by atoms with Crippen LogP contribution in [0.1, 0.15) is 29.9 Å². The molecule has 3 nitrogen and oxygen atoms in total. The second kappa shape index (κ2) is 5.17. The molecule has 4 heteroatoms. The summed E-state index contributed by atoms with van der Waals surface area (Å²) in [4.78, 5) is 16.8. The zero-order valence-corrected chi connectivity index (χ0v) is 12.1. The minimum Gasteiger partial charge on any atom is -0.346 e. The maximum Gasteiger partial charge on any atom is 0.252 e. The van der Waals surface area contributed by atoms with Crippen LogP contribution in [-0.2, 0) is 0 Å². The number of nitrogens with zero attached hydrogens (tertiary/aromatic N) is 1. The number of hydrogen-bond donors (Lipinski definition) is 1. The van der Waals surface area contributed by atoms with Gasteiger partial charge in [-0.05, 0) is 32.9 Å². The zero-order valence-electron chi connectivity index (χ0n) is 11.3. The van der Waals surface area contributed by atoms with Crippen molar-refractivity contribution in [2.24, 2.45) is 0 Å². The van der Waals surface area contributed by atoms with Crippen molar-refractivity contribution in [1.29, 1.82) is 0 Å². The molecule has 1 aromatic heterocycles. The van der Waals surface area contributed by atoms with Crippen LogP contribution in [0, 0.1) is 6.92 Å². The highest BCUT2D eigenvalue weighted by molar-refractivity contribution is 6.19. The molecule has 0 aliphatic rings. The van der Waals surface area contributed by atoms with E-state index in [9.17, 15) is 4.79 Å². The monoisotopic (exact) mass is 276 g/mol. The molecule has 0 spiro atoms. The highest BCUT2D eigenvalue weighted by atomic mass is 35.5. The number of benzene rings is 1. The molecule has 2 rings (SSSR count). The first-order valence-corrected chi connectivity index (χ1v) is 6.71. The normalized spacial score (nSPS) is 11.6. The van der Waals surface area contributed by atoms with Crippen molar-refractivity contribution >= 4 is 28.4 Å². The van der Waals surface area contributed by atoms with E-state index in [0.717, 1.165) is 16.6 Å². The Morgan fingerprint density at radius 3 is 2.74 bits per heavy atom. The summed E-state index contributed by atoms with van der Waals surface area (Å²) >= 11 is 5.85. The Morgan fingerprint density at radius 2 is 2.05 bits per heavy atom. The van der Waals surface area contributed by atoms with Gasteiger partial charge in [0.15, 0.2) is 0 Å². The second-order valence-electron chi connectivity index (χ2n) is 5.30. The molecule has 0 unspecified atom stereocenters. The van der Waals surface area contributed by atoms with E-state index in [1.165, 1.54) is 0 Å². The topological polar surface area (TPSA) is 42.0 Å². The average Bonchev–Trinajstić information content (AvgIpc) is 2.37. The van der Waals surface area contributed by atoms with Gasteiger partial charge in [0.25, 0.3) is 5.91 Å². The van der Waals surface area contributed by atoms with Crippen molar-refractivity contribution < 1.29 is 4.79 Å². The van der Waals surface area contributed by atoms with Gasteiger partial charge in [-0.2, -0.15) is 0 Å². The van der Waals surface area contributed by atoms with Gasteiger partial charge >= 0.3 is 0 Å². The summed E-state index contributed by atoms with van der Waals surface area (Å²) in [5.41, 5.74) is 1.86. The van der Waals surface area contributed by atoms with E-state index in [1.807, 2.05) is 51.1 Å². The van der Waals surface area contributed by atoms with Crippen LogP contribution in [0.25, 0.3) is 10.9 Å². The quantitative estimate of drug-likeness (QED) is 0.874. The zero-order chi connectivity index (χ0) is 14.0. The van der Waals surface area contributed by atoms with Crippen molar-refractivity contribution in [3.05, 3.63) is 41.6 Å². The second-order valence-corrected chi connectivity index (χ2v) is 5.57. The number of amides is 1. The maximum absolute atomic E-state index is 12.4. The Morgan fingerprint density at radius 1 is 1.37 bits per heavy atom. The molecule has 1 amide bonds. The molecule has 0 saturated heterocycles. The first kappa shape index (κ1) is 13.8. The van der Waals surface area contributed by atoms with Crippen LogP contribution in [0.2, 0.25) is 0 Å². The van der Waals surface area contributed by atoms with Crippen LogP contribution in [0.3, 0.4) is 0 Å². The number of carbonyl (C=O) groups is 1. The molecule has 2 aromatic rings. The lowest BCUT2D eigenvalue weighted by Crippen LogP contribution is -2.45. The molecular formula is C15H17ClN2O. The number of rotatable bonds is 3. The van der Waals surface area contributed by atoms with E-state index in [1.54, 1.807) is 0 Å². The molecule has 0 aliphatic carbocycles. The summed E-state index contributed by atoms with van der Waals surface area (Å²) in [5, 5.41) is 3.80. The van der Waals surface area contributed by atoms with Crippen molar-refractivity contribution in [3.63, 3.8) is 0 Å². The third kappa shape index (κ3) is 3.04. The maximum atomic E-state index is 12.4. The Bertz CT molecular complexity index is 623. The Balaban J connectivity index is 2.47. The summed E-state index contributed by atoms with van der Waals surface area (Å²) < 4.78 is 0. The van der Waals surface area contributed by atoms with Gasteiger partial charge in [0.05, 0.1) is 11.1 Å². The van der Waals surface area contributed by atoms with Crippen LogP contribution >= 0.6 is 11.6 Å². The van der Waals surface area contributed by atoms with E-state index in [0.29, 0.717) is 11.4 Å². The number of aromatic nitrogens is 1. The molecule has 1 aromatic carbocycles. The number of fused-ring (bicyclic) bond motifs is 1. The van der Waals surface area contributed by atoms with Crippen LogP contribution in [-0.4, -0.2) is 22.3 Å². The van der Waals surface area contributed by atoms with Gasteiger partial charge in [-0.1, -0.05) is 18.2 Å². The molecule has 0 atom stereocenters. The Hall–Kier alpha value is -1.61. The Kier molecular flexibility index (Phi) is 3.76. The molecule has 0 fully saturated rings. The van der Waals surface area contributed by atoms with E-state index < -0.39 is 5.54 Å². The van der Waals surface area contributed by atoms with Gasteiger partial charge in [0.2, 0.25) is 0 Å². The van der Waals surface area contributed by atoms with Gasteiger partial charge in [-0.15, -0.1) is 11.6 Å². The summed E-state index contributed by atoms with van der Waals surface area (Å²) in [6.45, 7) is 5.68. The lowest BCUT2D eigenvalue weighted by molar-refractivity contribution is 0.0922. The van der Waals surface area contributed by atoms with E-state index in [2.05, 4.69) is 10.3 Å². The van der Waals surface area contributed by atoms with Gasteiger partial charge in [-0.3, -0.25) is 9.78 Å². The highest BCUT2D eigenvalue weighted by Gasteiger charge is 2.21. The van der Waals surface area contributed by atoms with Crippen LogP contribution in [0.4, 0.5) is 0 Å². The fourth-order valence-corrected chi connectivity index (χ4v) is 1.97. The highest BCUT2D eigenvalue weighted by Crippen LogP contribution is 2.19. The third-order valence-corrected chi connectivity index (χ3v) is 3.54. The molecule has 0 bridgehead atoms. The first-order chi connectivity index (χ1) is 8.93. The molecule has 0 aliphatic heterocycles. The van der Waals surface area contributed by atoms with Crippen molar-refractivity contribution in [3.8, 4) is 0 Å². The summed E-state index contributed by atoms with van der Waals surface area (Å²) in [5.74, 6) is 0.244. The fourth-order valence-electron chi connectivity index (χ4n) is 1.90. The first-order valence-electron chi connectivity index (χ1n) is 6.18. The molecule has 0 saturated carbocycles. The summed E-state index contributed by atoms with van der Waals surface area (Å²) in [6, 6.07) is 9.44. The number of para-hydroxylation sites is 1. The molecule has 19 heavy (non-hydrogen) atoms. The predicted molar refractivity (Wildman–Crippen MR) is 78.7 cm³/mol. The third-order valence-electron chi connectivity index (χ3n) is 2.87. The van der Waals surface area contributed by atoms with Gasteiger partial charge in [-0.25, -0.2) is 0 Å². The standard InChI is InChI=1S/C15H17ClN2O/c1-10-8-12(14(19)18-15(2,3)9-16)11-6-4-5-7-13(11)17-10/h4-8H,9H2,1-3H3,(H,18,19). The van der Waals surface area contributed by atoms with Crippen molar-refractivity contribution in [2.45, 2.75) is 26.3 Å². The smallest absolute Gasteiger partial charge is 0.252 e. The minimum atomic E-state index is -0.434. The largest absolute Gasteiger partial charge is 0.346 e. The number of alkyl halides is 1. The van der Waals surface area contributed by atoms with E-state index in [4.69, 9.17) is 11.6 Å². The summed E-state index contributed by atoms with van der Waals surface area (Å²) in [6.07, 6.45) is 0. The number of carbonyl (C=O) groups excluding carboxylic acids is 1. The average molecular weight is 277 g/mol. The van der Waals surface area contributed by atoms with E-state index in [-0.39, 0.29) is 5.91 Å². The lowest BCUT2D eigenvalue weighted by atomic mass is 10.0. The van der Waals surface area contributed by atoms with Gasteiger partial charge in [0.1, 0.15) is 0 Å². The number of aryl methyl sites for hydroxylation is 1. The number of halogens is 1. The molecule has 100 valence electrons. The van der Waals surface area contributed by atoms with Gasteiger partial charge in [0, 0.05) is 22.5 Å². The number of nitrogens with one attached hydrogen (secondary N) is 1. The molecule has 1 N–H and O–H groups in total. The number of hydrogen-bond acceptors (Lipinski definition) is 2. The van der Waals surface area contributed by atoms with Crippen LogP contribution in [0.5, 0.6) is 0 Å². The number of pyridine rings is 1. The Labute approximate surface area is 118 Å². The van der Waals surface area contributed by atoms with Crippen molar-refractivity contribution in [2.75, 3.05) is 5.88 Å². The summed E-state index contributed by atoms with van der Waals surface area (Å²) in [7, 11) is 0. The fraction of sp³-hybridized carbons (Fsp3) is 0.333. The van der Waals surface area contributed by atoms with E-state index >= 15 is 0 Å². The minimum absolute atomic E-state index is 0.118. The SMILES string of the molecule is Cc1cc(C(=O)NC(C)(C)CCl)c2ccccc2n1.